The maximum absolute atomic E-state index is 13.7. The Balaban J connectivity index is 1.44. The van der Waals surface area contributed by atoms with Gasteiger partial charge in [-0.05, 0) is 50.0 Å². The van der Waals surface area contributed by atoms with Crippen LogP contribution in [0.5, 0.6) is 0 Å². The van der Waals surface area contributed by atoms with Crippen molar-refractivity contribution in [3.8, 4) is 0 Å². The molecule has 1 aliphatic heterocycles. The fraction of sp³-hybridized carbons (Fsp3) is 0.577. The van der Waals surface area contributed by atoms with Crippen molar-refractivity contribution in [3.63, 3.8) is 0 Å². The van der Waals surface area contributed by atoms with Crippen molar-refractivity contribution < 1.29 is 14.6 Å². The van der Waals surface area contributed by atoms with Crippen molar-refractivity contribution in [1.29, 1.82) is 0 Å². The molecule has 2 aliphatic rings. The molecule has 0 saturated carbocycles. The SMILES string of the molecule is COCCN(C)CC[C@@H](C(=O)N1CCN(c2ncnc3c2[C@H](C)C[C@H]3O)CC1)c1ccc(Cl)cc1. The molecule has 1 N–H and O–H groups in total. The Morgan fingerprint density at radius 3 is 2.60 bits per heavy atom. The van der Waals surface area contributed by atoms with Crippen LogP contribution in [0.4, 0.5) is 5.82 Å². The van der Waals surface area contributed by atoms with Crippen LogP contribution in [0.15, 0.2) is 30.6 Å². The summed E-state index contributed by atoms with van der Waals surface area (Å²) in [6.07, 6.45) is 2.44. The van der Waals surface area contributed by atoms with Gasteiger partial charge in [0.25, 0.3) is 0 Å². The molecular weight excluding hydrogens is 466 g/mol. The number of benzene rings is 1. The number of aliphatic hydroxyl groups is 1. The number of methoxy groups -OCH3 is 1. The van der Waals surface area contributed by atoms with Crippen molar-refractivity contribution in [2.75, 3.05) is 64.9 Å². The van der Waals surface area contributed by atoms with Crippen LogP contribution in [-0.4, -0.2) is 90.8 Å². The molecule has 190 valence electrons. The minimum absolute atomic E-state index is 0.156. The molecule has 4 rings (SSSR count). The number of aliphatic hydroxyl groups excluding tert-OH is 1. The summed E-state index contributed by atoms with van der Waals surface area (Å²) in [4.78, 5) is 29.0. The van der Waals surface area contributed by atoms with Crippen molar-refractivity contribution in [2.45, 2.75) is 37.7 Å². The molecule has 1 aromatic carbocycles. The first kappa shape index (κ1) is 25.8. The van der Waals surface area contributed by atoms with E-state index < -0.39 is 6.10 Å². The summed E-state index contributed by atoms with van der Waals surface area (Å²) in [7, 11) is 3.76. The van der Waals surface area contributed by atoms with Gasteiger partial charge in [-0.3, -0.25) is 4.79 Å². The fourth-order valence-electron chi connectivity index (χ4n) is 5.15. The van der Waals surface area contributed by atoms with Gasteiger partial charge >= 0.3 is 0 Å². The quantitative estimate of drug-likeness (QED) is 0.565. The third-order valence-electron chi connectivity index (χ3n) is 7.22. The molecule has 3 atom stereocenters. The summed E-state index contributed by atoms with van der Waals surface area (Å²) in [5.74, 6) is 1.06. The number of piperazine rings is 1. The van der Waals surface area contributed by atoms with Crippen molar-refractivity contribution >= 4 is 23.3 Å². The molecule has 1 saturated heterocycles. The summed E-state index contributed by atoms with van der Waals surface area (Å²) in [6, 6.07) is 7.64. The van der Waals surface area contributed by atoms with E-state index in [9.17, 15) is 9.90 Å². The summed E-state index contributed by atoms with van der Waals surface area (Å²) in [5, 5.41) is 11.0. The first-order chi connectivity index (χ1) is 16.9. The monoisotopic (exact) mass is 501 g/mol. The highest BCUT2D eigenvalue weighted by Gasteiger charge is 2.35. The number of fused-ring (bicyclic) bond motifs is 1. The summed E-state index contributed by atoms with van der Waals surface area (Å²) in [5.41, 5.74) is 2.80. The van der Waals surface area contributed by atoms with Gasteiger partial charge in [-0.15, -0.1) is 0 Å². The van der Waals surface area contributed by atoms with Gasteiger partial charge in [0.2, 0.25) is 5.91 Å². The normalized spacial score (nSPS) is 20.9. The highest BCUT2D eigenvalue weighted by Crippen LogP contribution is 2.42. The van der Waals surface area contributed by atoms with Crippen molar-refractivity contribution in [3.05, 3.63) is 52.4 Å². The number of aromatic nitrogens is 2. The lowest BCUT2D eigenvalue weighted by atomic mass is 9.93. The number of likely N-dealkylation sites (N-methyl/N-ethyl adjacent to an activating group) is 1. The number of hydrogen-bond donors (Lipinski definition) is 1. The number of rotatable bonds is 9. The second-order valence-corrected chi connectivity index (χ2v) is 10.1. The van der Waals surface area contributed by atoms with E-state index in [2.05, 4.69) is 33.7 Å². The van der Waals surface area contributed by atoms with Crippen LogP contribution in [0.1, 0.15) is 54.5 Å². The predicted molar refractivity (Wildman–Crippen MR) is 137 cm³/mol. The van der Waals surface area contributed by atoms with Crippen molar-refractivity contribution in [2.24, 2.45) is 0 Å². The zero-order valence-corrected chi connectivity index (χ0v) is 21.6. The van der Waals surface area contributed by atoms with Gasteiger partial charge in [0.1, 0.15) is 12.1 Å². The zero-order chi connectivity index (χ0) is 24.9. The highest BCUT2D eigenvalue weighted by atomic mass is 35.5. The molecule has 1 aromatic heterocycles. The lowest BCUT2D eigenvalue weighted by Crippen LogP contribution is -2.50. The molecule has 2 heterocycles. The molecule has 1 aliphatic carbocycles. The molecular formula is C26H36ClN5O3. The Bertz CT molecular complexity index is 997. The van der Waals surface area contributed by atoms with E-state index in [4.69, 9.17) is 16.3 Å². The van der Waals surface area contributed by atoms with E-state index >= 15 is 0 Å². The van der Waals surface area contributed by atoms with Gasteiger partial charge in [-0.1, -0.05) is 30.7 Å². The first-order valence-electron chi connectivity index (χ1n) is 12.4. The predicted octanol–water partition coefficient (Wildman–Crippen LogP) is 3.07. The number of carbonyl (C=O) groups excluding carboxylic acids is 1. The number of amides is 1. The zero-order valence-electron chi connectivity index (χ0n) is 20.9. The Labute approximate surface area is 212 Å². The molecule has 0 radical (unpaired) electrons. The van der Waals surface area contributed by atoms with Gasteiger partial charge in [0.15, 0.2) is 0 Å². The van der Waals surface area contributed by atoms with E-state index in [1.54, 1.807) is 13.4 Å². The highest BCUT2D eigenvalue weighted by molar-refractivity contribution is 6.30. The average molecular weight is 502 g/mol. The Morgan fingerprint density at radius 2 is 1.91 bits per heavy atom. The standard InChI is InChI=1S/C26H36ClN5O3/c1-18-16-22(33)24-23(18)25(29-17-28-24)31-10-12-32(13-11-31)26(34)21(8-9-30(2)14-15-35-3)19-4-6-20(27)7-5-19/h4-7,17-18,21-22,33H,8-16H2,1-3H3/t18-,21-,22-/m1/s1. The lowest BCUT2D eigenvalue weighted by Gasteiger charge is -2.38. The second kappa shape index (κ2) is 11.6. The third kappa shape index (κ3) is 5.94. The molecule has 1 amide bonds. The van der Waals surface area contributed by atoms with Crippen LogP contribution in [-0.2, 0) is 9.53 Å². The molecule has 8 nitrogen and oxygen atoms in total. The Hall–Kier alpha value is -2.26. The van der Waals surface area contributed by atoms with Crippen molar-refractivity contribution in [1.82, 2.24) is 19.8 Å². The van der Waals surface area contributed by atoms with Crippen LogP contribution in [0.25, 0.3) is 0 Å². The lowest BCUT2D eigenvalue weighted by molar-refractivity contribution is -0.133. The van der Waals surface area contributed by atoms with E-state index in [0.717, 1.165) is 42.1 Å². The second-order valence-electron chi connectivity index (χ2n) is 9.65. The topological polar surface area (TPSA) is 82.0 Å². The Kier molecular flexibility index (Phi) is 8.59. The van der Waals surface area contributed by atoms with Gasteiger partial charge < -0.3 is 24.5 Å². The summed E-state index contributed by atoms with van der Waals surface area (Å²) >= 11 is 6.11. The number of halogens is 1. The first-order valence-corrected chi connectivity index (χ1v) is 12.8. The molecule has 2 aromatic rings. The van der Waals surface area contributed by atoms with Gasteiger partial charge in [-0.25, -0.2) is 9.97 Å². The number of hydrogen-bond acceptors (Lipinski definition) is 7. The van der Waals surface area contributed by atoms with E-state index in [1.807, 2.05) is 29.2 Å². The number of anilines is 1. The van der Waals surface area contributed by atoms with Gasteiger partial charge in [0.05, 0.1) is 24.3 Å². The number of carbonyl (C=O) groups is 1. The maximum atomic E-state index is 13.7. The number of ether oxygens (including phenoxy) is 1. The van der Waals surface area contributed by atoms with Gasteiger partial charge in [-0.2, -0.15) is 0 Å². The maximum Gasteiger partial charge on any atom is 0.230 e. The minimum atomic E-state index is -0.522. The van der Waals surface area contributed by atoms with E-state index in [1.165, 1.54) is 0 Å². The Morgan fingerprint density at radius 1 is 1.20 bits per heavy atom. The summed E-state index contributed by atoms with van der Waals surface area (Å²) in [6.45, 7) is 7.10. The van der Waals surface area contributed by atoms with Gasteiger partial charge in [0, 0.05) is 50.4 Å². The average Bonchev–Trinajstić information content (AvgIpc) is 3.17. The molecule has 35 heavy (non-hydrogen) atoms. The van der Waals surface area contributed by atoms with Crippen LogP contribution >= 0.6 is 11.6 Å². The molecule has 1 fully saturated rings. The molecule has 0 spiro atoms. The fourth-order valence-corrected chi connectivity index (χ4v) is 5.28. The van der Waals surface area contributed by atoms with Crippen LogP contribution in [0, 0.1) is 0 Å². The van der Waals surface area contributed by atoms with Crippen LogP contribution < -0.4 is 4.90 Å². The summed E-state index contributed by atoms with van der Waals surface area (Å²) < 4.78 is 5.19. The molecule has 0 unspecified atom stereocenters. The number of nitrogens with zero attached hydrogens (tertiary/aromatic N) is 5. The third-order valence-corrected chi connectivity index (χ3v) is 7.47. The smallest absolute Gasteiger partial charge is 0.230 e. The molecule has 9 heteroatoms. The van der Waals surface area contributed by atoms with E-state index in [-0.39, 0.29) is 17.7 Å². The molecule has 0 bridgehead atoms. The van der Waals surface area contributed by atoms with Crippen LogP contribution in [0.3, 0.4) is 0 Å². The minimum Gasteiger partial charge on any atom is -0.387 e. The largest absolute Gasteiger partial charge is 0.387 e. The van der Waals surface area contributed by atoms with Crippen LogP contribution in [0.2, 0.25) is 5.02 Å². The van der Waals surface area contributed by atoms with E-state index in [0.29, 0.717) is 44.2 Å².